The van der Waals surface area contributed by atoms with Gasteiger partial charge in [0.1, 0.15) is 0 Å². The van der Waals surface area contributed by atoms with Crippen LogP contribution in [-0.4, -0.2) is 35.0 Å². The third-order valence-electron chi connectivity index (χ3n) is 6.33. The second-order valence-corrected chi connectivity index (χ2v) is 7.85. The van der Waals surface area contributed by atoms with Crippen molar-refractivity contribution in [2.45, 2.75) is 37.8 Å². The Morgan fingerprint density at radius 1 is 1.12 bits per heavy atom. The van der Waals surface area contributed by atoms with Gasteiger partial charge in [-0.05, 0) is 54.7 Å². The largest absolute Gasteiger partial charge is 0.481 e. The van der Waals surface area contributed by atoms with Gasteiger partial charge in [-0.25, -0.2) is 0 Å². The maximum absolute atomic E-state index is 12.6. The summed E-state index contributed by atoms with van der Waals surface area (Å²) in [4.78, 5) is 25.6. The number of carboxylic acids is 1. The highest BCUT2D eigenvalue weighted by Crippen LogP contribution is 2.60. The molecule has 140 valence electrons. The fourth-order valence-corrected chi connectivity index (χ4v) is 4.41. The zero-order chi connectivity index (χ0) is 18.7. The monoisotopic (exact) mass is 367 g/mol. The van der Waals surface area contributed by atoms with Crippen LogP contribution in [0.1, 0.15) is 42.7 Å². The van der Waals surface area contributed by atoms with Crippen molar-refractivity contribution < 1.29 is 27.9 Å². The van der Waals surface area contributed by atoms with Crippen molar-refractivity contribution in [1.82, 2.24) is 4.90 Å². The Morgan fingerprint density at radius 3 is 2.23 bits per heavy atom. The quantitative estimate of drug-likeness (QED) is 0.889. The van der Waals surface area contributed by atoms with Crippen LogP contribution in [0.3, 0.4) is 0 Å². The number of likely N-dealkylation sites (tertiary alicyclic amines) is 1. The van der Waals surface area contributed by atoms with E-state index in [1.54, 1.807) is 4.90 Å². The summed E-state index contributed by atoms with van der Waals surface area (Å²) in [6.45, 7) is 1.16. The minimum absolute atomic E-state index is 0.00614. The molecule has 0 aromatic heterocycles. The van der Waals surface area contributed by atoms with E-state index in [2.05, 4.69) is 0 Å². The van der Waals surface area contributed by atoms with E-state index >= 15 is 0 Å². The smallest absolute Gasteiger partial charge is 0.416 e. The summed E-state index contributed by atoms with van der Waals surface area (Å²) in [5.41, 5.74) is -0.0135. The maximum atomic E-state index is 12.6. The molecule has 3 atom stereocenters. The summed E-state index contributed by atoms with van der Waals surface area (Å²) in [7, 11) is 0. The van der Waals surface area contributed by atoms with E-state index in [0.29, 0.717) is 25.9 Å². The molecule has 3 fully saturated rings. The molecule has 1 N–H and O–H groups in total. The van der Waals surface area contributed by atoms with Gasteiger partial charge in [0.05, 0.1) is 11.5 Å². The van der Waals surface area contributed by atoms with Crippen LogP contribution in [0.4, 0.5) is 13.2 Å². The molecule has 1 aromatic rings. The molecule has 0 radical (unpaired) electrons. The SMILES string of the molecule is O=C(O)C1CC12CCN(C(=O)C1CC1c1ccc(C(F)(F)F)cc1)CC2. The van der Waals surface area contributed by atoms with Crippen LogP contribution in [0.5, 0.6) is 0 Å². The lowest BCUT2D eigenvalue weighted by molar-refractivity contribution is -0.140. The molecule has 0 bridgehead atoms. The number of halogens is 3. The van der Waals surface area contributed by atoms with Gasteiger partial charge in [-0.3, -0.25) is 9.59 Å². The average molecular weight is 367 g/mol. The summed E-state index contributed by atoms with van der Waals surface area (Å²) in [5, 5.41) is 9.12. The molecule has 2 aliphatic carbocycles. The third kappa shape index (κ3) is 2.97. The lowest BCUT2D eigenvalue weighted by Gasteiger charge is -2.33. The van der Waals surface area contributed by atoms with Crippen LogP contribution < -0.4 is 0 Å². The van der Waals surface area contributed by atoms with Gasteiger partial charge in [-0.2, -0.15) is 13.2 Å². The first-order valence-corrected chi connectivity index (χ1v) is 8.90. The summed E-state index contributed by atoms with van der Waals surface area (Å²) in [6.07, 6.45) is -1.51. The van der Waals surface area contributed by atoms with E-state index in [-0.39, 0.29) is 29.1 Å². The Labute approximate surface area is 149 Å². The molecule has 2 saturated carbocycles. The lowest BCUT2D eigenvalue weighted by Crippen LogP contribution is -2.41. The summed E-state index contributed by atoms with van der Waals surface area (Å²) >= 11 is 0. The van der Waals surface area contributed by atoms with Crippen molar-refractivity contribution in [2.24, 2.45) is 17.3 Å². The number of alkyl halides is 3. The molecular formula is C19H20F3NO3. The Hall–Kier alpha value is -2.05. The van der Waals surface area contributed by atoms with Crippen LogP contribution in [-0.2, 0) is 15.8 Å². The zero-order valence-electron chi connectivity index (χ0n) is 14.1. The van der Waals surface area contributed by atoms with Gasteiger partial charge in [-0.1, -0.05) is 12.1 Å². The summed E-state index contributed by atoms with van der Waals surface area (Å²) in [6, 6.07) is 5.07. The van der Waals surface area contributed by atoms with Crippen molar-refractivity contribution in [3.63, 3.8) is 0 Å². The van der Waals surface area contributed by atoms with Crippen LogP contribution in [0.25, 0.3) is 0 Å². The number of benzene rings is 1. The second kappa shape index (κ2) is 5.72. The minimum Gasteiger partial charge on any atom is -0.481 e. The molecule has 3 unspecified atom stereocenters. The van der Waals surface area contributed by atoms with Crippen LogP contribution in [0.15, 0.2) is 24.3 Å². The molecule has 1 aromatic carbocycles. The van der Waals surface area contributed by atoms with Gasteiger partial charge in [-0.15, -0.1) is 0 Å². The molecule has 3 aliphatic rings. The van der Waals surface area contributed by atoms with E-state index < -0.39 is 17.7 Å². The average Bonchev–Trinajstić information content (AvgIpc) is 3.49. The lowest BCUT2D eigenvalue weighted by atomic mass is 9.90. The van der Waals surface area contributed by atoms with Crippen molar-refractivity contribution in [3.8, 4) is 0 Å². The predicted octanol–water partition coefficient (Wildman–Crippen LogP) is 3.52. The number of carbonyl (C=O) groups excluding carboxylic acids is 1. The van der Waals surface area contributed by atoms with Crippen LogP contribution in [0, 0.1) is 17.3 Å². The standard InChI is InChI=1S/C19H20F3NO3/c20-19(21,22)12-3-1-11(2-4-12)13-9-14(13)16(24)23-7-5-18(6-8-23)10-15(18)17(25)26/h1-4,13-15H,5-10H2,(H,25,26). The minimum atomic E-state index is -4.35. The van der Waals surface area contributed by atoms with Gasteiger partial charge in [0.25, 0.3) is 0 Å². The normalized spacial score (nSPS) is 29.5. The Kier molecular flexibility index (Phi) is 3.82. The van der Waals surface area contributed by atoms with Crippen LogP contribution >= 0.6 is 0 Å². The number of aliphatic carboxylic acids is 1. The van der Waals surface area contributed by atoms with E-state index in [1.807, 2.05) is 0 Å². The second-order valence-electron chi connectivity index (χ2n) is 7.85. The fourth-order valence-electron chi connectivity index (χ4n) is 4.41. The highest BCUT2D eigenvalue weighted by molar-refractivity contribution is 5.83. The topological polar surface area (TPSA) is 57.6 Å². The highest BCUT2D eigenvalue weighted by Gasteiger charge is 2.59. The number of hydrogen-bond acceptors (Lipinski definition) is 2. The van der Waals surface area contributed by atoms with Crippen molar-refractivity contribution in [3.05, 3.63) is 35.4 Å². The molecular weight excluding hydrogens is 347 g/mol. The van der Waals surface area contributed by atoms with Gasteiger partial charge >= 0.3 is 12.1 Å². The predicted molar refractivity (Wildman–Crippen MR) is 86.3 cm³/mol. The number of piperidine rings is 1. The molecule has 4 rings (SSSR count). The van der Waals surface area contributed by atoms with Gasteiger partial charge in [0.15, 0.2) is 0 Å². The molecule has 1 amide bonds. The first-order valence-electron chi connectivity index (χ1n) is 8.90. The fraction of sp³-hybridized carbons (Fsp3) is 0.579. The molecule has 1 aliphatic heterocycles. The van der Waals surface area contributed by atoms with Gasteiger partial charge in [0.2, 0.25) is 5.91 Å². The zero-order valence-corrected chi connectivity index (χ0v) is 14.1. The first kappa shape index (κ1) is 17.4. The summed E-state index contributed by atoms with van der Waals surface area (Å²) in [5.74, 6) is -1.11. The number of carbonyl (C=O) groups is 2. The number of carboxylic acid groups (broad SMARTS) is 1. The van der Waals surface area contributed by atoms with E-state index in [4.69, 9.17) is 5.11 Å². The van der Waals surface area contributed by atoms with E-state index in [9.17, 15) is 22.8 Å². The number of amides is 1. The maximum Gasteiger partial charge on any atom is 0.416 e. The molecule has 1 spiro atoms. The Balaban J connectivity index is 1.33. The first-order chi connectivity index (χ1) is 12.2. The number of nitrogens with zero attached hydrogens (tertiary/aromatic N) is 1. The van der Waals surface area contributed by atoms with Crippen molar-refractivity contribution >= 4 is 11.9 Å². The Morgan fingerprint density at radius 2 is 1.73 bits per heavy atom. The molecule has 26 heavy (non-hydrogen) atoms. The third-order valence-corrected chi connectivity index (χ3v) is 6.33. The van der Waals surface area contributed by atoms with Gasteiger partial charge in [0, 0.05) is 19.0 Å². The van der Waals surface area contributed by atoms with Gasteiger partial charge < -0.3 is 10.0 Å². The molecule has 7 heteroatoms. The van der Waals surface area contributed by atoms with Crippen molar-refractivity contribution in [2.75, 3.05) is 13.1 Å². The molecule has 4 nitrogen and oxygen atoms in total. The van der Waals surface area contributed by atoms with E-state index in [1.165, 1.54) is 12.1 Å². The van der Waals surface area contributed by atoms with Crippen LogP contribution in [0.2, 0.25) is 0 Å². The molecule has 1 heterocycles. The van der Waals surface area contributed by atoms with E-state index in [0.717, 1.165) is 30.5 Å². The number of hydrogen-bond donors (Lipinski definition) is 1. The highest BCUT2D eigenvalue weighted by atomic mass is 19.4. The summed E-state index contributed by atoms with van der Waals surface area (Å²) < 4.78 is 37.9. The van der Waals surface area contributed by atoms with Crippen molar-refractivity contribution in [1.29, 1.82) is 0 Å². The Bertz CT molecular complexity index is 735. The number of rotatable bonds is 3. The molecule has 1 saturated heterocycles.